The number of hydrogen-bond donors (Lipinski definition) is 0. The van der Waals surface area contributed by atoms with Gasteiger partial charge >= 0.3 is 0 Å². The minimum atomic E-state index is 0.0573. The second-order valence-corrected chi connectivity index (χ2v) is 3.90. The summed E-state index contributed by atoms with van der Waals surface area (Å²) in [6.45, 7) is 1.39. The first-order valence-electron chi connectivity index (χ1n) is 4.80. The Morgan fingerprint density at radius 2 is 2.38 bits per heavy atom. The number of nitrogens with zero attached hydrogens (tertiary/aromatic N) is 1. The molecule has 4 heteroatoms. The van der Waals surface area contributed by atoms with Crippen LogP contribution in [0.25, 0.3) is 0 Å². The summed E-state index contributed by atoms with van der Waals surface area (Å²) in [5.41, 5.74) is 0. The van der Waals surface area contributed by atoms with Crippen molar-refractivity contribution in [1.29, 1.82) is 0 Å². The van der Waals surface area contributed by atoms with Crippen molar-refractivity contribution in [3.63, 3.8) is 0 Å². The van der Waals surface area contributed by atoms with Gasteiger partial charge in [0.1, 0.15) is 5.88 Å². The molecule has 0 radical (unpaired) electrons. The molecule has 1 aliphatic heterocycles. The van der Waals surface area contributed by atoms with E-state index < -0.39 is 0 Å². The van der Waals surface area contributed by atoms with Crippen molar-refractivity contribution in [2.45, 2.75) is 31.4 Å². The molecule has 0 N–H and O–H groups in total. The average molecular weight is 204 g/mol. The number of amides is 1. The van der Waals surface area contributed by atoms with Crippen molar-refractivity contribution < 1.29 is 9.53 Å². The van der Waals surface area contributed by atoms with Gasteiger partial charge in [0.25, 0.3) is 0 Å². The van der Waals surface area contributed by atoms with E-state index in [4.69, 9.17) is 16.3 Å². The number of morpholine rings is 1. The van der Waals surface area contributed by atoms with E-state index in [1.54, 1.807) is 0 Å². The third-order valence-electron chi connectivity index (χ3n) is 2.92. The Balaban J connectivity index is 2.05. The number of fused-ring (bicyclic) bond motifs is 1. The minimum absolute atomic E-state index is 0.0573. The molecule has 2 unspecified atom stereocenters. The van der Waals surface area contributed by atoms with Gasteiger partial charge < -0.3 is 9.64 Å². The predicted molar refractivity (Wildman–Crippen MR) is 49.8 cm³/mol. The first kappa shape index (κ1) is 9.28. The van der Waals surface area contributed by atoms with Crippen LogP contribution in [0.2, 0.25) is 0 Å². The Morgan fingerprint density at radius 3 is 3.15 bits per heavy atom. The van der Waals surface area contributed by atoms with Gasteiger partial charge in [0, 0.05) is 6.54 Å². The summed E-state index contributed by atoms with van der Waals surface area (Å²) in [6, 6.07) is 0.306. The number of rotatable bonds is 1. The Kier molecular flexibility index (Phi) is 2.74. The Morgan fingerprint density at radius 1 is 1.54 bits per heavy atom. The lowest BCUT2D eigenvalue weighted by atomic mass is 10.1. The topological polar surface area (TPSA) is 29.5 Å². The fourth-order valence-electron chi connectivity index (χ4n) is 2.31. The van der Waals surface area contributed by atoms with Crippen LogP contribution in [0.15, 0.2) is 0 Å². The average Bonchev–Trinajstić information content (AvgIpc) is 2.63. The normalized spacial score (nSPS) is 33.2. The standard InChI is InChI=1S/C9H14ClNO2/c10-6-9(12)11-4-5-13-8-3-1-2-7(8)11/h7-8H,1-6H2. The highest BCUT2D eigenvalue weighted by atomic mass is 35.5. The monoisotopic (exact) mass is 203 g/mol. The van der Waals surface area contributed by atoms with Gasteiger partial charge in [-0.05, 0) is 19.3 Å². The zero-order chi connectivity index (χ0) is 9.26. The van der Waals surface area contributed by atoms with E-state index in [1.807, 2.05) is 4.90 Å². The molecule has 0 aromatic carbocycles. The van der Waals surface area contributed by atoms with Crippen LogP contribution in [-0.4, -0.2) is 42.0 Å². The molecule has 2 fully saturated rings. The third kappa shape index (κ3) is 1.67. The van der Waals surface area contributed by atoms with E-state index in [9.17, 15) is 4.79 Å². The number of carbonyl (C=O) groups excluding carboxylic acids is 1. The third-order valence-corrected chi connectivity index (χ3v) is 3.15. The van der Waals surface area contributed by atoms with Crippen molar-refractivity contribution in [3.8, 4) is 0 Å². The van der Waals surface area contributed by atoms with E-state index in [0.717, 1.165) is 12.8 Å². The molecular formula is C9H14ClNO2. The highest BCUT2D eigenvalue weighted by Crippen LogP contribution is 2.29. The summed E-state index contributed by atoms with van der Waals surface area (Å²) < 4.78 is 5.59. The molecule has 1 amide bonds. The van der Waals surface area contributed by atoms with Crippen molar-refractivity contribution in [2.75, 3.05) is 19.0 Å². The van der Waals surface area contributed by atoms with Gasteiger partial charge in [-0.2, -0.15) is 0 Å². The van der Waals surface area contributed by atoms with Crippen LogP contribution in [-0.2, 0) is 9.53 Å². The summed E-state index contributed by atoms with van der Waals surface area (Å²) in [5, 5.41) is 0. The van der Waals surface area contributed by atoms with Gasteiger partial charge in [0.2, 0.25) is 5.91 Å². The molecule has 1 saturated heterocycles. The Labute approximate surface area is 83.0 Å². The van der Waals surface area contributed by atoms with Crippen molar-refractivity contribution >= 4 is 17.5 Å². The zero-order valence-corrected chi connectivity index (χ0v) is 8.29. The maximum atomic E-state index is 11.4. The number of ether oxygens (including phenoxy) is 1. The zero-order valence-electron chi connectivity index (χ0n) is 7.54. The lowest BCUT2D eigenvalue weighted by Gasteiger charge is -2.37. The summed E-state index contributed by atoms with van der Waals surface area (Å²) in [7, 11) is 0. The van der Waals surface area contributed by atoms with Crippen LogP contribution in [0.3, 0.4) is 0 Å². The largest absolute Gasteiger partial charge is 0.374 e. The minimum Gasteiger partial charge on any atom is -0.374 e. The molecule has 2 rings (SSSR count). The molecule has 13 heavy (non-hydrogen) atoms. The lowest BCUT2D eigenvalue weighted by molar-refractivity contribution is -0.141. The smallest absolute Gasteiger partial charge is 0.237 e. The second kappa shape index (κ2) is 3.84. The number of alkyl halides is 1. The van der Waals surface area contributed by atoms with Crippen LogP contribution in [0.5, 0.6) is 0 Å². The molecule has 2 atom stereocenters. The molecule has 1 heterocycles. The number of carbonyl (C=O) groups is 1. The van der Waals surface area contributed by atoms with Crippen LogP contribution in [0.4, 0.5) is 0 Å². The van der Waals surface area contributed by atoms with Gasteiger partial charge in [-0.1, -0.05) is 0 Å². The molecule has 0 aromatic heterocycles. The SMILES string of the molecule is O=C(CCl)N1CCOC2CCCC21. The summed E-state index contributed by atoms with van der Waals surface area (Å²) in [6.07, 6.45) is 3.62. The molecule has 0 bridgehead atoms. The molecule has 0 spiro atoms. The number of halogens is 1. The quantitative estimate of drug-likeness (QED) is 0.596. The molecular weight excluding hydrogens is 190 g/mol. The van der Waals surface area contributed by atoms with Crippen LogP contribution in [0.1, 0.15) is 19.3 Å². The van der Waals surface area contributed by atoms with Gasteiger partial charge in [-0.3, -0.25) is 4.79 Å². The molecule has 74 valence electrons. The van der Waals surface area contributed by atoms with Gasteiger partial charge in [-0.25, -0.2) is 0 Å². The van der Waals surface area contributed by atoms with Crippen molar-refractivity contribution in [1.82, 2.24) is 4.90 Å². The van der Waals surface area contributed by atoms with E-state index in [-0.39, 0.29) is 17.9 Å². The molecule has 0 aromatic rings. The molecule has 2 aliphatic rings. The van der Waals surface area contributed by atoms with Crippen LogP contribution >= 0.6 is 11.6 Å². The highest BCUT2D eigenvalue weighted by Gasteiger charge is 2.37. The highest BCUT2D eigenvalue weighted by molar-refractivity contribution is 6.27. The van der Waals surface area contributed by atoms with Crippen molar-refractivity contribution in [3.05, 3.63) is 0 Å². The fourth-order valence-corrected chi connectivity index (χ4v) is 2.47. The van der Waals surface area contributed by atoms with E-state index in [1.165, 1.54) is 6.42 Å². The Bertz CT molecular complexity index is 210. The van der Waals surface area contributed by atoms with Crippen LogP contribution < -0.4 is 0 Å². The summed E-state index contributed by atoms with van der Waals surface area (Å²) in [5.74, 6) is 0.158. The van der Waals surface area contributed by atoms with Gasteiger partial charge in [0.05, 0.1) is 18.8 Å². The first-order chi connectivity index (χ1) is 6.33. The van der Waals surface area contributed by atoms with E-state index in [0.29, 0.717) is 19.2 Å². The van der Waals surface area contributed by atoms with Gasteiger partial charge in [-0.15, -0.1) is 11.6 Å². The summed E-state index contributed by atoms with van der Waals surface area (Å²) in [4.78, 5) is 13.3. The Hall–Kier alpha value is -0.280. The van der Waals surface area contributed by atoms with E-state index in [2.05, 4.69) is 0 Å². The molecule has 3 nitrogen and oxygen atoms in total. The van der Waals surface area contributed by atoms with E-state index >= 15 is 0 Å². The maximum absolute atomic E-state index is 11.4. The molecule has 1 aliphatic carbocycles. The van der Waals surface area contributed by atoms with Gasteiger partial charge in [0.15, 0.2) is 0 Å². The fraction of sp³-hybridized carbons (Fsp3) is 0.889. The second-order valence-electron chi connectivity index (χ2n) is 3.63. The predicted octanol–water partition coefficient (Wildman–Crippen LogP) is 1.01. The molecule has 1 saturated carbocycles. The number of hydrogen-bond acceptors (Lipinski definition) is 2. The van der Waals surface area contributed by atoms with Crippen molar-refractivity contribution in [2.24, 2.45) is 0 Å². The van der Waals surface area contributed by atoms with Crippen LogP contribution in [0, 0.1) is 0 Å². The lowest BCUT2D eigenvalue weighted by Crippen LogP contribution is -2.51. The summed E-state index contributed by atoms with van der Waals surface area (Å²) >= 11 is 5.54. The maximum Gasteiger partial charge on any atom is 0.237 e. The first-order valence-corrected chi connectivity index (χ1v) is 5.33.